The molecule has 0 spiro atoms. The molecule has 0 N–H and O–H groups in total. The summed E-state index contributed by atoms with van der Waals surface area (Å²) < 4.78 is 5.13. The second-order valence-corrected chi connectivity index (χ2v) is 4.25. The Hall–Kier alpha value is -0.770. The molecular weight excluding hydrogens is 198 g/mol. The summed E-state index contributed by atoms with van der Waals surface area (Å²) in [7, 11) is 0. The zero-order valence-corrected chi connectivity index (χ0v) is 9.56. The van der Waals surface area contributed by atoms with Gasteiger partial charge in [-0.3, -0.25) is 4.79 Å². The summed E-state index contributed by atoms with van der Waals surface area (Å²) >= 11 is 1.37. The lowest BCUT2D eigenvalue weighted by Gasteiger charge is -2.04. The number of Topliss-reactive ketones (excluding diaryl/α,β-unsaturated/α-hetero) is 1. The average molecular weight is 213 g/mol. The number of carbonyl (C=O) groups is 1. The molecule has 14 heavy (non-hydrogen) atoms. The third-order valence-corrected chi connectivity index (χ3v) is 2.96. The number of nitrogens with zero attached hydrogens (tertiary/aromatic N) is 1. The molecule has 0 aliphatic heterocycles. The molecule has 1 heterocycles. The average Bonchev–Trinajstić information content (AvgIpc) is 2.59. The number of hydrogen-bond acceptors (Lipinski definition) is 4. The van der Waals surface area contributed by atoms with Gasteiger partial charge in [0.15, 0.2) is 0 Å². The molecule has 0 saturated carbocycles. The van der Waals surface area contributed by atoms with Crippen LogP contribution in [0.1, 0.15) is 26.0 Å². The maximum atomic E-state index is 11.5. The Balaban J connectivity index is 2.37. The van der Waals surface area contributed by atoms with E-state index in [9.17, 15) is 4.79 Å². The zero-order chi connectivity index (χ0) is 10.6. The fourth-order valence-electron chi connectivity index (χ4n) is 0.901. The van der Waals surface area contributed by atoms with Gasteiger partial charge >= 0.3 is 0 Å². The van der Waals surface area contributed by atoms with E-state index in [4.69, 9.17) is 4.42 Å². The van der Waals surface area contributed by atoms with Gasteiger partial charge < -0.3 is 4.42 Å². The van der Waals surface area contributed by atoms with Crippen LogP contribution in [0.15, 0.2) is 15.9 Å². The molecular formula is C10H15NO2S. The number of hydrogen-bond donors (Lipinski definition) is 0. The summed E-state index contributed by atoms with van der Waals surface area (Å²) in [4.78, 5) is 15.6. The standard InChI is InChI=1S/C10H15NO2S/c1-4-7(2)9(12)6-14-10-11-8(3)5-13-10/h5,7H,4,6H2,1-3H3. The molecule has 0 amide bonds. The summed E-state index contributed by atoms with van der Waals surface area (Å²) in [6.45, 7) is 5.83. The zero-order valence-electron chi connectivity index (χ0n) is 8.74. The first-order valence-corrected chi connectivity index (χ1v) is 5.69. The summed E-state index contributed by atoms with van der Waals surface area (Å²) in [5.41, 5.74) is 0.850. The van der Waals surface area contributed by atoms with E-state index in [1.807, 2.05) is 20.8 Å². The highest BCUT2D eigenvalue weighted by atomic mass is 32.2. The summed E-state index contributed by atoms with van der Waals surface area (Å²) in [5, 5.41) is 0.583. The fourth-order valence-corrected chi connectivity index (χ4v) is 1.78. The first-order chi connectivity index (χ1) is 6.63. The third-order valence-electron chi connectivity index (χ3n) is 2.10. The predicted molar refractivity (Wildman–Crippen MR) is 56.4 cm³/mol. The van der Waals surface area contributed by atoms with E-state index in [0.29, 0.717) is 11.0 Å². The summed E-state index contributed by atoms with van der Waals surface area (Å²) in [5.74, 6) is 0.849. The minimum atomic E-state index is 0.138. The van der Waals surface area contributed by atoms with E-state index in [-0.39, 0.29) is 11.7 Å². The van der Waals surface area contributed by atoms with Crippen LogP contribution in [-0.4, -0.2) is 16.5 Å². The predicted octanol–water partition coefficient (Wildman–Crippen LogP) is 2.69. The molecule has 0 aliphatic carbocycles. The number of aryl methyl sites for hydroxylation is 1. The van der Waals surface area contributed by atoms with Gasteiger partial charge in [0.1, 0.15) is 12.0 Å². The molecule has 0 radical (unpaired) electrons. The van der Waals surface area contributed by atoms with Crippen LogP contribution < -0.4 is 0 Å². The molecule has 0 saturated heterocycles. The molecule has 1 rings (SSSR count). The van der Waals surface area contributed by atoms with Gasteiger partial charge in [0.2, 0.25) is 0 Å². The van der Waals surface area contributed by atoms with Crippen LogP contribution in [0.25, 0.3) is 0 Å². The number of thioether (sulfide) groups is 1. The number of aromatic nitrogens is 1. The van der Waals surface area contributed by atoms with Gasteiger partial charge in [-0.05, 0) is 13.3 Å². The number of carbonyl (C=O) groups excluding carboxylic acids is 1. The van der Waals surface area contributed by atoms with Crippen LogP contribution >= 0.6 is 11.8 Å². The van der Waals surface area contributed by atoms with Crippen LogP contribution in [0.5, 0.6) is 0 Å². The van der Waals surface area contributed by atoms with Gasteiger partial charge in [0.25, 0.3) is 5.22 Å². The van der Waals surface area contributed by atoms with Crippen molar-refractivity contribution in [2.24, 2.45) is 5.92 Å². The van der Waals surface area contributed by atoms with Gasteiger partial charge in [-0.25, -0.2) is 4.98 Å². The van der Waals surface area contributed by atoms with Gasteiger partial charge in [-0.15, -0.1) is 0 Å². The largest absolute Gasteiger partial charge is 0.440 e. The first-order valence-electron chi connectivity index (χ1n) is 4.71. The van der Waals surface area contributed by atoms with E-state index in [1.165, 1.54) is 11.8 Å². The molecule has 0 bridgehead atoms. The molecule has 3 nitrogen and oxygen atoms in total. The number of ketones is 1. The van der Waals surface area contributed by atoms with Gasteiger partial charge in [-0.1, -0.05) is 25.6 Å². The summed E-state index contributed by atoms with van der Waals surface area (Å²) in [6.07, 6.45) is 2.49. The van der Waals surface area contributed by atoms with Crippen molar-refractivity contribution in [1.29, 1.82) is 0 Å². The topological polar surface area (TPSA) is 43.1 Å². The molecule has 0 fully saturated rings. The highest BCUT2D eigenvalue weighted by Crippen LogP contribution is 2.18. The van der Waals surface area contributed by atoms with Crippen LogP contribution in [0, 0.1) is 12.8 Å². The van der Waals surface area contributed by atoms with Crippen molar-refractivity contribution in [3.63, 3.8) is 0 Å². The van der Waals surface area contributed by atoms with Crippen molar-refractivity contribution < 1.29 is 9.21 Å². The van der Waals surface area contributed by atoms with Crippen molar-refractivity contribution in [3.05, 3.63) is 12.0 Å². The Morgan fingerprint density at radius 1 is 1.71 bits per heavy atom. The lowest BCUT2D eigenvalue weighted by Crippen LogP contribution is -2.12. The van der Waals surface area contributed by atoms with Crippen LogP contribution in [-0.2, 0) is 4.79 Å². The Kier molecular flexibility index (Phi) is 4.20. The van der Waals surface area contributed by atoms with Crippen LogP contribution in [0.2, 0.25) is 0 Å². The lowest BCUT2D eigenvalue weighted by atomic mass is 10.1. The molecule has 1 atom stereocenters. The summed E-state index contributed by atoms with van der Waals surface area (Å²) in [6, 6.07) is 0. The van der Waals surface area contributed by atoms with E-state index >= 15 is 0 Å². The highest BCUT2D eigenvalue weighted by molar-refractivity contribution is 7.99. The van der Waals surface area contributed by atoms with Gasteiger partial charge in [-0.2, -0.15) is 0 Å². The Labute approximate surface area is 88.3 Å². The van der Waals surface area contributed by atoms with Crippen LogP contribution in [0.4, 0.5) is 0 Å². The quantitative estimate of drug-likeness (QED) is 0.705. The highest BCUT2D eigenvalue weighted by Gasteiger charge is 2.12. The number of rotatable bonds is 5. The normalized spacial score (nSPS) is 12.8. The van der Waals surface area contributed by atoms with Crippen LogP contribution in [0.3, 0.4) is 0 Å². The van der Waals surface area contributed by atoms with E-state index in [2.05, 4.69) is 4.98 Å². The van der Waals surface area contributed by atoms with Gasteiger partial charge in [0.05, 0.1) is 11.4 Å². The maximum absolute atomic E-state index is 11.5. The maximum Gasteiger partial charge on any atom is 0.256 e. The minimum absolute atomic E-state index is 0.138. The van der Waals surface area contributed by atoms with E-state index < -0.39 is 0 Å². The second-order valence-electron chi connectivity index (χ2n) is 3.32. The Morgan fingerprint density at radius 3 is 2.93 bits per heavy atom. The number of oxazole rings is 1. The third kappa shape index (κ3) is 3.18. The second kappa shape index (κ2) is 5.20. The molecule has 1 aromatic rings. The SMILES string of the molecule is CCC(C)C(=O)CSc1nc(C)co1. The van der Waals surface area contributed by atoms with E-state index in [0.717, 1.165) is 12.1 Å². The molecule has 0 aliphatic rings. The fraction of sp³-hybridized carbons (Fsp3) is 0.600. The molecule has 1 unspecified atom stereocenters. The minimum Gasteiger partial charge on any atom is -0.440 e. The van der Waals surface area contributed by atoms with Crippen molar-refractivity contribution in [2.45, 2.75) is 32.4 Å². The lowest BCUT2D eigenvalue weighted by molar-refractivity contribution is -0.119. The molecule has 78 valence electrons. The monoisotopic (exact) mass is 213 g/mol. The smallest absolute Gasteiger partial charge is 0.256 e. The molecule has 1 aromatic heterocycles. The Bertz CT molecular complexity index is 309. The van der Waals surface area contributed by atoms with E-state index in [1.54, 1.807) is 6.26 Å². The van der Waals surface area contributed by atoms with Crippen molar-refractivity contribution in [1.82, 2.24) is 4.98 Å². The van der Waals surface area contributed by atoms with Crippen molar-refractivity contribution in [3.8, 4) is 0 Å². The molecule has 4 heteroatoms. The van der Waals surface area contributed by atoms with Crippen molar-refractivity contribution in [2.75, 3.05) is 5.75 Å². The Morgan fingerprint density at radius 2 is 2.43 bits per heavy atom. The first kappa shape index (κ1) is 11.3. The molecule has 0 aromatic carbocycles. The van der Waals surface area contributed by atoms with Crippen molar-refractivity contribution >= 4 is 17.5 Å². The van der Waals surface area contributed by atoms with Gasteiger partial charge in [0, 0.05) is 5.92 Å².